The van der Waals surface area contributed by atoms with E-state index in [1.54, 1.807) is 6.33 Å². The van der Waals surface area contributed by atoms with Gasteiger partial charge in [-0.15, -0.1) is 0 Å². The molecule has 1 aromatic heterocycles. The van der Waals surface area contributed by atoms with Crippen molar-refractivity contribution >= 4 is 27.6 Å². The van der Waals surface area contributed by atoms with Crippen molar-refractivity contribution in [3.8, 4) is 0 Å². The van der Waals surface area contributed by atoms with Gasteiger partial charge in [-0.1, -0.05) is 0 Å². The molecule has 1 atom stereocenters. The largest absolute Gasteiger partial charge is 0.396 e. The van der Waals surface area contributed by atoms with Crippen molar-refractivity contribution in [3.05, 3.63) is 10.8 Å². The lowest BCUT2D eigenvalue weighted by molar-refractivity contribution is 0.279. The van der Waals surface area contributed by atoms with Crippen LogP contribution in [0, 0.1) is 0 Å². The number of aliphatic hydroxyl groups excluding tert-OH is 1. The first-order valence-corrected chi connectivity index (χ1v) is 7.13. The molecule has 0 spiro atoms. The van der Waals surface area contributed by atoms with Crippen LogP contribution in [0.25, 0.3) is 0 Å². The fourth-order valence-electron chi connectivity index (χ4n) is 2.48. The maximum absolute atomic E-state index is 8.96. The first-order valence-electron chi connectivity index (χ1n) is 6.33. The summed E-state index contributed by atoms with van der Waals surface area (Å²) in [5.74, 6) is 1.77. The SMILES string of the molecule is CNc1ncnc(N2CCCC2CCCO)c1Br. The smallest absolute Gasteiger partial charge is 0.148 e. The van der Waals surface area contributed by atoms with Crippen molar-refractivity contribution in [2.24, 2.45) is 0 Å². The molecule has 5 nitrogen and oxygen atoms in total. The molecule has 1 aromatic rings. The summed E-state index contributed by atoms with van der Waals surface area (Å²) in [6, 6.07) is 0.480. The Labute approximate surface area is 116 Å². The molecule has 0 aromatic carbocycles. The van der Waals surface area contributed by atoms with Gasteiger partial charge in [0.25, 0.3) is 0 Å². The molecule has 100 valence electrons. The Morgan fingerprint density at radius 2 is 2.39 bits per heavy atom. The van der Waals surface area contributed by atoms with Crippen LogP contribution in [0.2, 0.25) is 0 Å². The van der Waals surface area contributed by atoms with Crippen LogP contribution < -0.4 is 10.2 Å². The van der Waals surface area contributed by atoms with Crippen molar-refractivity contribution < 1.29 is 5.11 Å². The highest BCUT2D eigenvalue weighted by Gasteiger charge is 2.27. The van der Waals surface area contributed by atoms with Crippen molar-refractivity contribution in [3.63, 3.8) is 0 Å². The van der Waals surface area contributed by atoms with E-state index in [9.17, 15) is 0 Å². The number of hydrogen-bond donors (Lipinski definition) is 2. The lowest BCUT2D eigenvalue weighted by Crippen LogP contribution is -2.30. The predicted octanol–water partition coefficient (Wildman–Crippen LogP) is 2.02. The lowest BCUT2D eigenvalue weighted by atomic mass is 10.1. The van der Waals surface area contributed by atoms with Gasteiger partial charge >= 0.3 is 0 Å². The standard InChI is InChI=1S/C12H19BrN4O/c1-14-11-10(13)12(16-8-15-11)17-6-2-4-9(17)5-3-7-18/h8-9,18H,2-7H2,1H3,(H,14,15,16). The summed E-state index contributed by atoms with van der Waals surface area (Å²) >= 11 is 3.57. The van der Waals surface area contributed by atoms with E-state index < -0.39 is 0 Å². The van der Waals surface area contributed by atoms with E-state index in [2.05, 4.69) is 36.1 Å². The molecule has 0 aliphatic carbocycles. The van der Waals surface area contributed by atoms with Crippen LogP contribution in [0.3, 0.4) is 0 Å². The molecular formula is C12H19BrN4O. The van der Waals surface area contributed by atoms with Gasteiger partial charge in [0.05, 0.1) is 0 Å². The summed E-state index contributed by atoms with van der Waals surface area (Å²) in [7, 11) is 1.85. The Morgan fingerprint density at radius 1 is 1.56 bits per heavy atom. The van der Waals surface area contributed by atoms with E-state index in [-0.39, 0.29) is 6.61 Å². The second kappa shape index (κ2) is 6.33. The minimum Gasteiger partial charge on any atom is -0.396 e. The number of anilines is 2. The van der Waals surface area contributed by atoms with Gasteiger partial charge in [0, 0.05) is 26.2 Å². The molecule has 0 saturated carbocycles. The molecule has 18 heavy (non-hydrogen) atoms. The predicted molar refractivity (Wildman–Crippen MR) is 76.0 cm³/mol. The van der Waals surface area contributed by atoms with Crippen molar-refractivity contribution in [2.75, 3.05) is 30.4 Å². The Balaban J connectivity index is 2.19. The van der Waals surface area contributed by atoms with Gasteiger partial charge in [0.1, 0.15) is 22.4 Å². The fourth-order valence-corrected chi connectivity index (χ4v) is 3.11. The van der Waals surface area contributed by atoms with E-state index in [1.165, 1.54) is 12.8 Å². The van der Waals surface area contributed by atoms with Crippen LogP contribution in [-0.4, -0.2) is 41.3 Å². The highest BCUT2D eigenvalue weighted by Crippen LogP contribution is 2.34. The van der Waals surface area contributed by atoms with Crippen LogP contribution in [0.5, 0.6) is 0 Å². The average molecular weight is 315 g/mol. The maximum Gasteiger partial charge on any atom is 0.148 e. The molecule has 1 saturated heterocycles. The molecule has 6 heteroatoms. The van der Waals surface area contributed by atoms with E-state index >= 15 is 0 Å². The number of nitrogens with one attached hydrogen (secondary N) is 1. The number of hydrogen-bond acceptors (Lipinski definition) is 5. The molecule has 0 amide bonds. The zero-order valence-corrected chi connectivity index (χ0v) is 12.2. The van der Waals surface area contributed by atoms with Gasteiger partial charge in [-0.2, -0.15) is 0 Å². The van der Waals surface area contributed by atoms with Crippen LogP contribution in [0.1, 0.15) is 25.7 Å². The van der Waals surface area contributed by atoms with E-state index in [0.29, 0.717) is 6.04 Å². The van der Waals surface area contributed by atoms with Crippen LogP contribution in [0.4, 0.5) is 11.6 Å². The average Bonchev–Trinajstić information content (AvgIpc) is 2.84. The molecule has 1 aliphatic heterocycles. The highest BCUT2D eigenvalue weighted by molar-refractivity contribution is 9.10. The first kappa shape index (κ1) is 13.5. The Bertz CT molecular complexity index is 402. The minimum absolute atomic E-state index is 0.261. The second-order valence-electron chi connectivity index (χ2n) is 4.47. The summed E-state index contributed by atoms with van der Waals surface area (Å²) < 4.78 is 0.920. The fraction of sp³-hybridized carbons (Fsp3) is 0.667. The van der Waals surface area contributed by atoms with Crippen LogP contribution in [-0.2, 0) is 0 Å². The molecule has 0 radical (unpaired) electrons. The van der Waals surface area contributed by atoms with E-state index in [1.807, 2.05) is 7.05 Å². The highest BCUT2D eigenvalue weighted by atomic mass is 79.9. The summed E-state index contributed by atoms with van der Waals surface area (Å²) in [6.07, 6.45) is 5.81. The quantitative estimate of drug-likeness (QED) is 0.870. The van der Waals surface area contributed by atoms with E-state index in [4.69, 9.17) is 5.11 Å². The number of rotatable bonds is 5. The zero-order valence-electron chi connectivity index (χ0n) is 10.6. The Morgan fingerprint density at radius 3 is 3.11 bits per heavy atom. The summed E-state index contributed by atoms with van der Waals surface area (Å²) in [5.41, 5.74) is 0. The molecular weight excluding hydrogens is 296 g/mol. The maximum atomic E-state index is 8.96. The van der Waals surface area contributed by atoms with Crippen molar-refractivity contribution in [2.45, 2.75) is 31.7 Å². The lowest BCUT2D eigenvalue weighted by Gasteiger charge is -2.26. The van der Waals surface area contributed by atoms with Gasteiger partial charge in [0.2, 0.25) is 0 Å². The summed E-state index contributed by atoms with van der Waals surface area (Å²) in [5, 5.41) is 12.0. The molecule has 2 N–H and O–H groups in total. The second-order valence-corrected chi connectivity index (χ2v) is 5.26. The Hall–Kier alpha value is -0.880. The van der Waals surface area contributed by atoms with Gasteiger partial charge in [-0.3, -0.25) is 0 Å². The normalized spacial score (nSPS) is 19.3. The van der Waals surface area contributed by atoms with Gasteiger partial charge < -0.3 is 15.3 Å². The van der Waals surface area contributed by atoms with Gasteiger partial charge in [-0.25, -0.2) is 9.97 Å². The number of aliphatic hydroxyl groups is 1. The number of nitrogens with zero attached hydrogens (tertiary/aromatic N) is 3. The monoisotopic (exact) mass is 314 g/mol. The molecule has 1 fully saturated rings. The van der Waals surface area contributed by atoms with Gasteiger partial charge in [0.15, 0.2) is 0 Å². The molecule has 2 rings (SSSR count). The third kappa shape index (κ3) is 2.75. The molecule has 1 unspecified atom stereocenters. The minimum atomic E-state index is 0.261. The third-order valence-electron chi connectivity index (χ3n) is 3.35. The van der Waals surface area contributed by atoms with Crippen LogP contribution in [0.15, 0.2) is 10.8 Å². The summed E-state index contributed by atoms with van der Waals surface area (Å²) in [6.45, 7) is 1.28. The summed E-state index contributed by atoms with van der Waals surface area (Å²) in [4.78, 5) is 10.9. The zero-order chi connectivity index (χ0) is 13.0. The van der Waals surface area contributed by atoms with Gasteiger partial charge in [-0.05, 0) is 41.6 Å². The van der Waals surface area contributed by atoms with Crippen molar-refractivity contribution in [1.82, 2.24) is 9.97 Å². The third-order valence-corrected chi connectivity index (χ3v) is 4.08. The topological polar surface area (TPSA) is 61.3 Å². The number of halogens is 1. The van der Waals surface area contributed by atoms with E-state index in [0.717, 1.165) is 35.5 Å². The molecule has 2 heterocycles. The Kier molecular flexibility index (Phi) is 4.77. The van der Waals surface area contributed by atoms with Crippen LogP contribution >= 0.6 is 15.9 Å². The van der Waals surface area contributed by atoms with Crippen molar-refractivity contribution in [1.29, 1.82) is 0 Å². The molecule has 1 aliphatic rings. The number of aromatic nitrogens is 2. The first-order chi connectivity index (χ1) is 8.77. The molecule has 0 bridgehead atoms.